The Balaban J connectivity index is 0.00000141. The van der Waals surface area contributed by atoms with Crippen LogP contribution in [0.25, 0.3) is 0 Å². The highest BCUT2D eigenvalue weighted by Gasteiger charge is 2.18. The van der Waals surface area contributed by atoms with Crippen LogP contribution in [0.2, 0.25) is 0 Å². The fourth-order valence-corrected chi connectivity index (χ4v) is 3.91. The normalized spacial score (nSPS) is 17.6. The minimum atomic E-state index is -0.833. The van der Waals surface area contributed by atoms with E-state index in [-0.39, 0.29) is 0 Å². The van der Waals surface area contributed by atoms with E-state index >= 15 is 0 Å². The molecule has 3 heteroatoms. The van der Waals surface area contributed by atoms with Gasteiger partial charge in [0.25, 0.3) is 5.97 Å². The Morgan fingerprint density at radius 3 is 1.92 bits per heavy atom. The van der Waals surface area contributed by atoms with E-state index in [1.165, 1.54) is 116 Å². The number of carbonyl (C=O) groups is 1. The molecule has 1 unspecified atom stereocenters. The average Bonchev–Trinajstić information content (AvgIpc) is 2.61. The summed E-state index contributed by atoms with van der Waals surface area (Å²) < 4.78 is 0. The van der Waals surface area contributed by atoms with Crippen LogP contribution in [0.15, 0.2) is 0 Å². The topological polar surface area (TPSA) is 40.5 Å². The molecule has 1 saturated heterocycles. The van der Waals surface area contributed by atoms with Crippen LogP contribution in [0.5, 0.6) is 0 Å². The zero-order valence-electron chi connectivity index (χ0n) is 18.1. The molecule has 1 aliphatic rings. The number of nitrogens with zero attached hydrogens (tertiary/aromatic N) is 1. The molecule has 26 heavy (non-hydrogen) atoms. The fraction of sp³-hybridized carbons (Fsp3) is 0.957. The maximum absolute atomic E-state index is 9.00. The zero-order chi connectivity index (χ0) is 19.5. The summed E-state index contributed by atoms with van der Waals surface area (Å²) in [6, 6.07) is 0. The van der Waals surface area contributed by atoms with Crippen LogP contribution >= 0.6 is 0 Å². The van der Waals surface area contributed by atoms with E-state index in [1.807, 2.05) is 0 Å². The van der Waals surface area contributed by atoms with Gasteiger partial charge in [-0.15, -0.1) is 0 Å². The van der Waals surface area contributed by atoms with Crippen molar-refractivity contribution < 1.29 is 9.90 Å². The fourth-order valence-electron chi connectivity index (χ4n) is 3.91. The van der Waals surface area contributed by atoms with Crippen molar-refractivity contribution in [2.24, 2.45) is 5.92 Å². The molecule has 1 atom stereocenters. The molecular weight excluding hydrogens is 322 g/mol. The predicted molar refractivity (Wildman–Crippen MR) is 114 cm³/mol. The Morgan fingerprint density at radius 1 is 0.885 bits per heavy atom. The van der Waals surface area contributed by atoms with Gasteiger partial charge in [-0.3, -0.25) is 4.79 Å². The first-order valence-corrected chi connectivity index (χ1v) is 11.5. The number of unbranched alkanes of at least 4 members (excludes halogenated alkanes) is 10. The molecular formula is C23H47NO2. The zero-order valence-corrected chi connectivity index (χ0v) is 18.1. The Bertz CT molecular complexity index is 303. The second kappa shape index (κ2) is 19.2. The summed E-state index contributed by atoms with van der Waals surface area (Å²) in [4.78, 5) is 11.8. The van der Waals surface area contributed by atoms with Crippen LogP contribution in [-0.2, 0) is 4.79 Å². The monoisotopic (exact) mass is 369 g/mol. The van der Waals surface area contributed by atoms with Gasteiger partial charge in [-0.1, -0.05) is 84.5 Å². The number of carboxylic acids is 1. The molecule has 0 aromatic carbocycles. The standard InChI is InChI=1S/C21H43N.C2H4O2/c1-3-5-7-8-9-10-11-12-13-14-18-22-19-15-17-21(20-22)16-6-4-2;1-2(3)4/h21H,3-20H2,1-2H3;1H3,(H,3,4). The van der Waals surface area contributed by atoms with Gasteiger partial charge in [0.2, 0.25) is 0 Å². The van der Waals surface area contributed by atoms with Crippen molar-refractivity contribution in [2.45, 2.75) is 117 Å². The third kappa shape index (κ3) is 18.2. The van der Waals surface area contributed by atoms with Crippen molar-refractivity contribution in [1.29, 1.82) is 0 Å². The van der Waals surface area contributed by atoms with Crippen molar-refractivity contribution in [2.75, 3.05) is 19.6 Å². The van der Waals surface area contributed by atoms with E-state index in [2.05, 4.69) is 18.7 Å². The van der Waals surface area contributed by atoms with Gasteiger partial charge in [-0.05, 0) is 44.7 Å². The lowest BCUT2D eigenvalue weighted by Crippen LogP contribution is -2.36. The van der Waals surface area contributed by atoms with Crippen molar-refractivity contribution in [3.05, 3.63) is 0 Å². The molecule has 156 valence electrons. The van der Waals surface area contributed by atoms with Crippen LogP contribution in [0, 0.1) is 5.92 Å². The molecule has 1 N–H and O–H groups in total. The number of rotatable bonds is 14. The summed E-state index contributed by atoms with van der Waals surface area (Å²) in [5, 5.41) is 7.42. The molecule has 0 saturated carbocycles. The predicted octanol–water partition coefficient (Wildman–Crippen LogP) is 6.90. The number of likely N-dealkylation sites (tertiary alicyclic amines) is 1. The van der Waals surface area contributed by atoms with E-state index in [9.17, 15) is 0 Å². The minimum Gasteiger partial charge on any atom is -0.481 e. The maximum atomic E-state index is 9.00. The first-order valence-electron chi connectivity index (χ1n) is 11.5. The van der Waals surface area contributed by atoms with Gasteiger partial charge >= 0.3 is 0 Å². The van der Waals surface area contributed by atoms with Crippen LogP contribution in [0.1, 0.15) is 117 Å². The molecule has 1 heterocycles. The summed E-state index contributed by atoms with van der Waals surface area (Å²) in [5.74, 6) is 0.178. The lowest BCUT2D eigenvalue weighted by molar-refractivity contribution is -0.134. The maximum Gasteiger partial charge on any atom is 0.300 e. The molecule has 0 bridgehead atoms. The smallest absolute Gasteiger partial charge is 0.300 e. The number of piperidine rings is 1. The van der Waals surface area contributed by atoms with Crippen LogP contribution in [0.3, 0.4) is 0 Å². The number of hydrogen-bond acceptors (Lipinski definition) is 2. The van der Waals surface area contributed by atoms with Gasteiger partial charge in [-0.2, -0.15) is 0 Å². The van der Waals surface area contributed by atoms with Crippen molar-refractivity contribution >= 4 is 5.97 Å². The van der Waals surface area contributed by atoms with Crippen molar-refractivity contribution in [3.8, 4) is 0 Å². The van der Waals surface area contributed by atoms with E-state index in [4.69, 9.17) is 9.90 Å². The van der Waals surface area contributed by atoms with Gasteiger partial charge in [0.1, 0.15) is 0 Å². The van der Waals surface area contributed by atoms with Crippen molar-refractivity contribution in [3.63, 3.8) is 0 Å². The summed E-state index contributed by atoms with van der Waals surface area (Å²) in [7, 11) is 0. The largest absolute Gasteiger partial charge is 0.481 e. The lowest BCUT2D eigenvalue weighted by atomic mass is 9.92. The van der Waals surface area contributed by atoms with Crippen LogP contribution < -0.4 is 0 Å². The van der Waals surface area contributed by atoms with Gasteiger partial charge in [0.05, 0.1) is 0 Å². The van der Waals surface area contributed by atoms with Crippen LogP contribution in [-0.4, -0.2) is 35.6 Å². The van der Waals surface area contributed by atoms with Crippen molar-refractivity contribution in [1.82, 2.24) is 4.90 Å². The Morgan fingerprint density at radius 2 is 1.38 bits per heavy atom. The number of carboxylic acid groups (broad SMARTS) is 1. The molecule has 0 aromatic rings. The SMILES string of the molecule is CC(=O)O.CCCCCCCCCCCCN1CCCC(CCCC)C1. The minimum absolute atomic E-state index is 0.833. The van der Waals surface area contributed by atoms with Crippen LogP contribution in [0.4, 0.5) is 0 Å². The summed E-state index contributed by atoms with van der Waals surface area (Å²) in [5.41, 5.74) is 0. The molecule has 1 rings (SSSR count). The van der Waals surface area contributed by atoms with Gasteiger partial charge in [0.15, 0.2) is 0 Å². The first-order chi connectivity index (χ1) is 12.6. The van der Waals surface area contributed by atoms with E-state index in [1.54, 1.807) is 0 Å². The quantitative estimate of drug-likeness (QED) is 0.338. The molecule has 0 aromatic heterocycles. The molecule has 3 nitrogen and oxygen atoms in total. The van der Waals surface area contributed by atoms with E-state index in [0.717, 1.165) is 12.8 Å². The highest BCUT2D eigenvalue weighted by atomic mass is 16.4. The average molecular weight is 370 g/mol. The second-order valence-electron chi connectivity index (χ2n) is 8.15. The third-order valence-corrected chi connectivity index (χ3v) is 5.40. The van der Waals surface area contributed by atoms with E-state index < -0.39 is 5.97 Å². The molecule has 0 spiro atoms. The Kier molecular flexibility index (Phi) is 18.8. The highest BCUT2D eigenvalue weighted by Crippen LogP contribution is 2.22. The molecule has 0 aliphatic carbocycles. The summed E-state index contributed by atoms with van der Waals surface area (Å²) >= 11 is 0. The Hall–Kier alpha value is -0.570. The third-order valence-electron chi connectivity index (χ3n) is 5.40. The number of aliphatic carboxylic acids is 1. The summed E-state index contributed by atoms with van der Waals surface area (Å²) in [6.45, 7) is 9.86. The molecule has 1 fully saturated rings. The molecule has 0 amide bonds. The second-order valence-corrected chi connectivity index (χ2v) is 8.15. The lowest BCUT2D eigenvalue weighted by Gasteiger charge is -2.32. The van der Waals surface area contributed by atoms with Gasteiger partial charge < -0.3 is 10.0 Å². The Labute approximate surface area is 163 Å². The van der Waals surface area contributed by atoms with E-state index in [0.29, 0.717) is 0 Å². The van der Waals surface area contributed by atoms with Gasteiger partial charge in [-0.25, -0.2) is 0 Å². The molecule has 1 aliphatic heterocycles. The first kappa shape index (κ1) is 25.4. The number of hydrogen-bond donors (Lipinski definition) is 1. The molecule has 0 radical (unpaired) electrons. The van der Waals surface area contributed by atoms with Gasteiger partial charge in [0, 0.05) is 13.5 Å². The highest BCUT2D eigenvalue weighted by molar-refractivity contribution is 5.62. The summed E-state index contributed by atoms with van der Waals surface area (Å²) in [6.07, 6.45) is 21.8.